The van der Waals surface area contributed by atoms with Gasteiger partial charge >= 0.3 is 11.9 Å². The summed E-state index contributed by atoms with van der Waals surface area (Å²) in [4.78, 5) is 21.8. The summed E-state index contributed by atoms with van der Waals surface area (Å²) in [5.74, 6) is -2.00. The zero-order valence-corrected chi connectivity index (χ0v) is 12.5. The Hall–Kier alpha value is -2.13. The molecule has 0 bridgehead atoms. The number of benzene rings is 1. The maximum Gasteiger partial charge on any atom is 0.337 e. The third-order valence-electron chi connectivity index (χ3n) is 2.63. The molecule has 0 fully saturated rings. The van der Waals surface area contributed by atoms with Crippen LogP contribution in [0, 0.1) is 0 Å². The number of aliphatic carboxylic acids is 1. The molecule has 116 valence electrons. The van der Waals surface area contributed by atoms with Gasteiger partial charge in [0.05, 0.1) is 19.8 Å². The molecule has 1 aromatic rings. The first-order chi connectivity index (χ1) is 9.73. The van der Waals surface area contributed by atoms with Crippen LogP contribution in [0.15, 0.2) is 23.1 Å². The van der Waals surface area contributed by atoms with Crippen molar-refractivity contribution in [3.63, 3.8) is 0 Å². The molecule has 0 saturated heterocycles. The van der Waals surface area contributed by atoms with Gasteiger partial charge in [-0.1, -0.05) is 0 Å². The quantitative estimate of drug-likeness (QED) is 0.745. The Morgan fingerprint density at radius 2 is 1.90 bits per heavy atom. The lowest BCUT2D eigenvalue weighted by atomic mass is 10.2. The molecule has 0 heterocycles. The number of hydrogen-bond donors (Lipinski definition) is 1. The normalized spacial score (nSPS) is 11.2. The summed E-state index contributed by atoms with van der Waals surface area (Å²) in [6.45, 7) is -0.690. The third kappa shape index (κ3) is 3.70. The highest BCUT2D eigenvalue weighted by Gasteiger charge is 2.27. The molecule has 0 radical (unpaired) electrons. The predicted octanol–water partition coefficient (Wildman–Crippen LogP) is 0.187. The second kappa shape index (κ2) is 6.55. The standard InChI is InChI=1S/C12H15NO7S/c1-13(7-11(14)15)21(17,18)10-5-4-8(12(16)20-3)6-9(10)19-2/h4-6H,7H2,1-3H3,(H,14,15). The molecule has 0 spiro atoms. The number of sulfonamides is 1. The van der Waals surface area contributed by atoms with Gasteiger partial charge in [-0.25, -0.2) is 13.2 Å². The van der Waals surface area contributed by atoms with Crippen LogP contribution in [0.4, 0.5) is 0 Å². The van der Waals surface area contributed by atoms with Crippen LogP contribution in [0.25, 0.3) is 0 Å². The molecule has 1 rings (SSSR count). The Kier molecular flexibility index (Phi) is 5.28. The van der Waals surface area contributed by atoms with Gasteiger partial charge < -0.3 is 14.6 Å². The molecule has 0 saturated carbocycles. The van der Waals surface area contributed by atoms with Crippen molar-refractivity contribution < 1.29 is 32.6 Å². The highest BCUT2D eigenvalue weighted by molar-refractivity contribution is 7.89. The van der Waals surface area contributed by atoms with E-state index in [-0.39, 0.29) is 16.2 Å². The largest absolute Gasteiger partial charge is 0.495 e. The fourth-order valence-corrected chi connectivity index (χ4v) is 2.82. The zero-order valence-electron chi connectivity index (χ0n) is 11.7. The molecule has 9 heteroatoms. The Labute approximate surface area is 121 Å². The van der Waals surface area contributed by atoms with Crippen molar-refractivity contribution >= 4 is 22.0 Å². The van der Waals surface area contributed by atoms with Gasteiger partial charge in [0.25, 0.3) is 0 Å². The topological polar surface area (TPSA) is 110 Å². The summed E-state index contributed by atoms with van der Waals surface area (Å²) < 4.78 is 34.7. The lowest BCUT2D eigenvalue weighted by molar-refractivity contribution is -0.137. The van der Waals surface area contributed by atoms with E-state index in [1.807, 2.05) is 0 Å². The Morgan fingerprint density at radius 1 is 1.29 bits per heavy atom. The average molecular weight is 317 g/mol. The Balaban J connectivity index is 3.30. The number of carboxylic acids is 1. The smallest absolute Gasteiger partial charge is 0.337 e. The number of rotatable bonds is 6. The van der Waals surface area contributed by atoms with E-state index in [9.17, 15) is 18.0 Å². The molecule has 0 aliphatic heterocycles. The van der Waals surface area contributed by atoms with Crippen LogP contribution in [-0.2, 0) is 19.6 Å². The van der Waals surface area contributed by atoms with Crippen LogP contribution in [0.5, 0.6) is 5.75 Å². The molecular weight excluding hydrogens is 302 g/mol. The summed E-state index contributed by atoms with van der Waals surface area (Å²) in [6.07, 6.45) is 0. The highest BCUT2D eigenvalue weighted by atomic mass is 32.2. The number of carbonyl (C=O) groups is 2. The SMILES string of the molecule is COC(=O)c1ccc(S(=O)(=O)N(C)CC(=O)O)c(OC)c1. The van der Waals surface area contributed by atoms with Crippen LogP contribution in [0.3, 0.4) is 0 Å². The number of esters is 1. The summed E-state index contributed by atoms with van der Waals surface area (Å²) in [5, 5.41) is 8.67. The maximum atomic E-state index is 12.3. The van der Waals surface area contributed by atoms with E-state index in [0.29, 0.717) is 4.31 Å². The molecule has 0 unspecified atom stereocenters. The van der Waals surface area contributed by atoms with Gasteiger partial charge in [0.2, 0.25) is 10.0 Å². The summed E-state index contributed by atoms with van der Waals surface area (Å²) in [6, 6.07) is 3.64. The van der Waals surface area contributed by atoms with Crippen molar-refractivity contribution in [2.45, 2.75) is 4.90 Å². The van der Waals surface area contributed by atoms with Crippen molar-refractivity contribution in [1.82, 2.24) is 4.31 Å². The first kappa shape index (κ1) is 16.9. The Morgan fingerprint density at radius 3 is 2.38 bits per heavy atom. The van der Waals surface area contributed by atoms with Crippen LogP contribution >= 0.6 is 0 Å². The van der Waals surface area contributed by atoms with Crippen LogP contribution < -0.4 is 4.74 Å². The number of carbonyl (C=O) groups excluding carboxylic acids is 1. The predicted molar refractivity (Wildman–Crippen MR) is 71.8 cm³/mol. The van der Waals surface area contributed by atoms with E-state index in [1.165, 1.54) is 32.4 Å². The number of ether oxygens (including phenoxy) is 2. The van der Waals surface area contributed by atoms with Gasteiger partial charge in [-0.15, -0.1) is 0 Å². The molecule has 0 amide bonds. The second-order valence-electron chi connectivity index (χ2n) is 4.01. The van der Waals surface area contributed by atoms with Gasteiger partial charge in [0, 0.05) is 7.05 Å². The molecule has 1 aromatic carbocycles. The van der Waals surface area contributed by atoms with Crippen molar-refractivity contribution in [3.05, 3.63) is 23.8 Å². The number of methoxy groups -OCH3 is 2. The lowest BCUT2D eigenvalue weighted by Crippen LogP contribution is -2.32. The fourth-order valence-electron chi connectivity index (χ4n) is 1.57. The van der Waals surface area contributed by atoms with E-state index < -0.39 is 28.5 Å². The molecule has 0 aliphatic carbocycles. The maximum absolute atomic E-state index is 12.3. The zero-order chi connectivity index (χ0) is 16.2. The van der Waals surface area contributed by atoms with Crippen molar-refractivity contribution in [2.24, 2.45) is 0 Å². The third-order valence-corrected chi connectivity index (χ3v) is 4.47. The summed E-state index contributed by atoms with van der Waals surface area (Å²) in [5.41, 5.74) is 0.120. The number of hydrogen-bond acceptors (Lipinski definition) is 6. The van der Waals surface area contributed by atoms with E-state index >= 15 is 0 Å². The molecule has 0 aromatic heterocycles. The lowest BCUT2D eigenvalue weighted by Gasteiger charge is -2.17. The van der Waals surface area contributed by atoms with Crippen molar-refractivity contribution in [1.29, 1.82) is 0 Å². The average Bonchev–Trinajstić information content (AvgIpc) is 2.44. The minimum absolute atomic E-state index is 0.0739. The van der Waals surface area contributed by atoms with E-state index in [4.69, 9.17) is 9.84 Å². The number of nitrogens with zero attached hydrogens (tertiary/aromatic N) is 1. The van der Waals surface area contributed by atoms with Crippen LogP contribution in [0.1, 0.15) is 10.4 Å². The van der Waals surface area contributed by atoms with Gasteiger partial charge in [-0.3, -0.25) is 4.79 Å². The summed E-state index contributed by atoms with van der Waals surface area (Å²) in [7, 11) is -0.477. The van der Waals surface area contributed by atoms with Crippen molar-refractivity contribution in [3.8, 4) is 5.75 Å². The minimum Gasteiger partial charge on any atom is -0.495 e. The molecule has 8 nitrogen and oxygen atoms in total. The molecule has 1 N–H and O–H groups in total. The van der Waals surface area contributed by atoms with Crippen LogP contribution in [0.2, 0.25) is 0 Å². The number of likely N-dealkylation sites (N-methyl/N-ethyl adjacent to an activating group) is 1. The monoisotopic (exact) mass is 317 g/mol. The van der Waals surface area contributed by atoms with Gasteiger partial charge in [0.1, 0.15) is 17.2 Å². The molecular formula is C12H15NO7S. The second-order valence-corrected chi connectivity index (χ2v) is 6.03. The first-order valence-corrected chi connectivity index (χ1v) is 7.12. The molecule has 0 aliphatic rings. The molecule has 0 atom stereocenters. The first-order valence-electron chi connectivity index (χ1n) is 5.68. The highest BCUT2D eigenvalue weighted by Crippen LogP contribution is 2.27. The van der Waals surface area contributed by atoms with Crippen LogP contribution in [-0.4, -0.2) is 57.6 Å². The minimum atomic E-state index is -4.05. The molecule has 21 heavy (non-hydrogen) atoms. The Bertz CT molecular complexity index is 654. The van der Waals surface area contributed by atoms with Gasteiger partial charge in [0.15, 0.2) is 0 Å². The van der Waals surface area contributed by atoms with E-state index in [0.717, 1.165) is 7.05 Å². The van der Waals surface area contributed by atoms with E-state index in [1.54, 1.807) is 0 Å². The van der Waals surface area contributed by atoms with Gasteiger partial charge in [-0.2, -0.15) is 4.31 Å². The number of carboxylic acid groups (broad SMARTS) is 1. The van der Waals surface area contributed by atoms with Gasteiger partial charge in [-0.05, 0) is 18.2 Å². The fraction of sp³-hybridized carbons (Fsp3) is 0.333. The van der Waals surface area contributed by atoms with E-state index in [2.05, 4.69) is 4.74 Å². The van der Waals surface area contributed by atoms with Crippen molar-refractivity contribution in [2.75, 3.05) is 27.8 Å². The summed E-state index contributed by atoms with van der Waals surface area (Å²) >= 11 is 0.